The summed E-state index contributed by atoms with van der Waals surface area (Å²) >= 11 is 6.27. The molecule has 1 aliphatic heterocycles. The minimum absolute atomic E-state index is 0. The number of esters is 1. The van der Waals surface area contributed by atoms with Gasteiger partial charge in [-0.3, -0.25) is 14.4 Å². The van der Waals surface area contributed by atoms with E-state index in [0.29, 0.717) is 55.9 Å². The van der Waals surface area contributed by atoms with Crippen LogP contribution in [0.4, 0.5) is 4.39 Å². The van der Waals surface area contributed by atoms with Gasteiger partial charge in [-0.2, -0.15) is 0 Å². The number of hydrogen-bond donors (Lipinski definition) is 1. The Morgan fingerprint density at radius 2 is 1.03 bits per heavy atom. The van der Waals surface area contributed by atoms with Crippen LogP contribution in [0.2, 0.25) is 5.02 Å². The third kappa shape index (κ3) is 28.9. The lowest BCUT2D eigenvalue weighted by Gasteiger charge is -2.41. The molecule has 3 rings (SSSR count). The van der Waals surface area contributed by atoms with Gasteiger partial charge < -0.3 is 31.8 Å². The zero-order valence-electron chi connectivity index (χ0n) is 44.1. The molecule has 0 atom stereocenters. The van der Waals surface area contributed by atoms with Gasteiger partial charge in [0.25, 0.3) is 5.91 Å². The number of unbranched alkanes of at least 4 members (excludes halogenated alkanes) is 26. The number of piperidine rings is 1. The number of carbonyl (C=O) groups excluding carboxylic acids is 3. The summed E-state index contributed by atoms with van der Waals surface area (Å²) in [6, 6.07) is 13.3. The number of amides is 1. The third-order valence-electron chi connectivity index (χ3n) is 14.7. The molecule has 1 saturated heterocycles. The molecule has 0 aliphatic carbocycles. The average molecular weight is 1000 g/mol. The SMILES string of the molecule is CCCCCCCCCCCCCCCC[N+](C)(CCCCCCCCCCCCCCCC)CC(=O)NCCC(=O)OC1(c2ccc(Cl)cc2)CCN(CCCC(=O)c2ccc(F)cc2)CC1.[Cl-]. The van der Waals surface area contributed by atoms with E-state index in [4.69, 9.17) is 16.3 Å². The van der Waals surface area contributed by atoms with Crippen LogP contribution in [0.25, 0.3) is 0 Å². The van der Waals surface area contributed by atoms with Gasteiger partial charge in [-0.25, -0.2) is 4.39 Å². The molecular weight excluding hydrogens is 905 g/mol. The minimum Gasteiger partial charge on any atom is -1.00 e. The van der Waals surface area contributed by atoms with Crippen molar-refractivity contribution in [2.45, 2.75) is 231 Å². The normalized spacial score (nSPS) is 13.8. The van der Waals surface area contributed by atoms with E-state index in [9.17, 15) is 18.8 Å². The van der Waals surface area contributed by atoms with Crippen molar-refractivity contribution >= 4 is 29.3 Å². The molecular formula is C59H98Cl2FN3O4. The van der Waals surface area contributed by atoms with Gasteiger partial charge in [0, 0.05) is 49.5 Å². The van der Waals surface area contributed by atoms with Crippen LogP contribution >= 0.6 is 11.6 Å². The highest BCUT2D eigenvalue weighted by Gasteiger charge is 2.40. The zero-order chi connectivity index (χ0) is 49.0. The predicted octanol–water partition coefficient (Wildman–Crippen LogP) is 12.9. The van der Waals surface area contributed by atoms with Crippen LogP contribution in [-0.2, 0) is 19.9 Å². The molecule has 0 radical (unpaired) electrons. The van der Waals surface area contributed by atoms with E-state index >= 15 is 0 Å². The molecule has 2 aromatic rings. The second-order valence-electron chi connectivity index (χ2n) is 20.9. The maximum Gasteiger partial charge on any atom is 0.308 e. The van der Waals surface area contributed by atoms with E-state index < -0.39 is 5.60 Å². The van der Waals surface area contributed by atoms with Gasteiger partial charge in [-0.15, -0.1) is 0 Å². The molecule has 1 heterocycles. The molecule has 7 nitrogen and oxygen atoms in total. The molecule has 1 fully saturated rings. The third-order valence-corrected chi connectivity index (χ3v) is 14.9. The quantitative estimate of drug-likeness (QED) is 0.0310. The number of ketones is 1. The Kier molecular flexibility index (Phi) is 35.4. The fourth-order valence-corrected chi connectivity index (χ4v) is 10.3. The molecule has 1 aliphatic rings. The lowest BCUT2D eigenvalue weighted by Crippen LogP contribution is -3.00. The Morgan fingerprint density at radius 1 is 0.609 bits per heavy atom. The first-order valence-corrected chi connectivity index (χ1v) is 28.5. The standard InChI is InChI=1S/C59H97ClFN3O4.ClH/c1-4-6-8-10-12-14-16-18-20-22-24-26-28-30-49-64(3,50-31-29-27-25-23-21-19-17-15-13-11-9-7-5-2)51-57(66)62-45-42-58(67)68-59(53-36-38-54(60)39-37-53)43-47-63(48-44-59)46-32-33-56(65)52-34-40-55(61)41-35-52;/h34-41H,4-33,42-51H2,1-3H3;1H. The number of likely N-dealkylation sites (tertiary alicyclic amines) is 1. The number of carbonyl (C=O) groups is 3. The van der Waals surface area contributed by atoms with E-state index in [0.717, 1.165) is 42.5 Å². The van der Waals surface area contributed by atoms with E-state index in [1.165, 1.54) is 179 Å². The van der Waals surface area contributed by atoms with Crippen molar-refractivity contribution in [3.05, 3.63) is 70.5 Å². The second-order valence-corrected chi connectivity index (χ2v) is 21.3. The topological polar surface area (TPSA) is 75.7 Å². The van der Waals surface area contributed by atoms with E-state index in [1.807, 2.05) is 24.3 Å². The zero-order valence-corrected chi connectivity index (χ0v) is 45.6. The average Bonchev–Trinajstić information content (AvgIpc) is 3.32. The molecule has 10 heteroatoms. The monoisotopic (exact) mass is 1000 g/mol. The van der Waals surface area contributed by atoms with Gasteiger partial charge >= 0.3 is 5.97 Å². The number of likely N-dealkylation sites (N-methyl/N-ethyl adjacent to an activating group) is 1. The van der Waals surface area contributed by atoms with Gasteiger partial charge in [-0.1, -0.05) is 192 Å². The Morgan fingerprint density at radius 3 is 1.46 bits per heavy atom. The lowest BCUT2D eigenvalue weighted by molar-refractivity contribution is -0.902. The number of halogens is 3. The Bertz CT molecular complexity index is 1570. The second kappa shape index (κ2) is 39.1. The highest BCUT2D eigenvalue weighted by Crippen LogP contribution is 2.38. The number of quaternary nitrogens is 1. The maximum absolute atomic E-state index is 13.6. The van der Waals surface area contributed by atoms with Crippen LogP contribution in [0.3, 0.4) is 0 Å². The first kappa shape index (κ1) is 62.6. The highest BCUT2D eigenvalue weighted by molar-refractivity contribution is 6.30. The molecule has 1 N–H and O–H groups in total. The molecule has 0 bridgehead atoms. The number of Topliss-reactive ketones (excluding diaryl/α,β-unsaturated/α-hetero) is 1. The Balaban J connectivity index is 0.0000163. The van der Waals surface area contributed by atoms with Gasteiger partial charge in [0.1, 0.15) is 11.4 Å². The van der Waals surface area contributed by atoms with E-state index in [2.05, 4.69) is 31.1 Å². The largest absolute Gasteiger partial charge is 1.00 e. The first-order valence-electron chi connectivity index (χ1n) is 28.2. The number of benzene rings is 2. The summed E-state index contributed by atoms with van der Waals surface area (Å²) in [5.41, 5.74) is 0.664. The van der Waals surface area contributed by atoms with Crippen molar-refractivity contribution < 1.29 is 40.4 Å². The summed E-state index contributed by atoms with van der Waals surface area (Å²) in [5.74, 6) is -0.648. The van der Waals surface area contributed by atoms with E-state index in [-0.39, 0.29) is 48.8 Å². The Hall–Kier alpha value is -2.52. The molecule has 0 aromatic heterocycles. The van der Waals surface area contributed by atoms with Crippen LogP contribution in [0, 0.1) is 5.82 Å². The van der Waals surface area contributed by atoms with Crippen LogP contribution in [-0.4, -0.2) is 79.9 Å². The Labute approximate surface area is 432 Å². The van der Waals surface area contributed by atoms with Crippen molar-refractivity contribution in [2.75, 3.05) is 52.9 Å². The molecule has 1 amide bonds. The number of ether oxygens (including phenoxy) is 1. The van der Waals surface area contributed by atoms with E-state index in [1.54, 1.807) is 12.1 Å². The van der Waals surface area contributed by atoms with Crippen LogP contribution < -0.4 is 17.7 Å². The van der Waals surface area contributed by atoms with Crippen molar-refractivity contribution in [2.24, 2.45) is 0 Å². The number of hydrogen-bond acceptors (Lipinski definition) is 5. The van der Waals surface area contributed by atoms with Crippen molar-refractivity contribution in [3.8, 4) is 0 Å². The van der Waals surface area contributed by atoms with Crippen molar-refractivity contribution in [3.63, 3.8) is 0 Å². The van der Waals surface area contributed by atoms with Gasteiger partial charge in [0.15, 0.2) is 12.3 Å². The molecule has 2 aromatic carbocycles. The summed E-state index contributed by atoms with van der Waals surface area (Å²) in [6.07, 6.45) is 40.0. The fourth-order valence-electron chi connectivity index (χ4n) is 10.2. The molecule has 69 heavy (non-hydrogen) atoms. The van der Waals surface area contributed by atoms with Crippen molar-refractivity contribution in [1.29, 1.82) is 0 Å². The molecule has 0 saturated carbocycles. The molecule has 0 spiro atoms. The van der Waals surface area contributed by atoms with Gasteiger partial charge in [-0.05, 0) is 80.6 Å². The van der Waals surface area contributed by atoms with Crippen LogP contribution in [0.5, 0.6) is 0 Å². The highest BCUT2D eigenvalue weighted by atomic mass is 35.5. The number of nitrogens with zero attached hydrogens (tertiary/aromatic N) is 2. The van der Waals surface area contributed by atoms with Gasteiger partial charge in [0.2, 0.25) is 0 Å². The lowest BCUT2D eigenvalue weighted by atomic mass is 9.84. The van der Waals surface area contributed by atoms with Crippen LogP contribution in [0.1, 0.15) is 242 Å². The summed E-state index contributed by atoms with van der Waals surface area (Å²) in [7, 11) is 2.27. The maximum atomic E-state index is 13.6. The molecule has 394 valence electrons. The summed E-state index contributed by atoms with van der Waals surface area (Å²) in [4.78, 5) is 42.1. The smallest absolute Gasteiger partial charge is 0.308 e. The summed E-state index contributed by atoms with van der Waals surface area (Å²) in [6.45, 7) is 9.46. The van der Waals surface area contributed by atoms with Crippen molar-refractivity contribution in [1.82, 2.24) is 10.2 Å². The number of rotatable bonds is 42. The predicted molar refractivity (Wildman–Crippen MR) is 284 cm³/mol. The van der Waals surface area contributed by atoms with Crippen LogP contribution in [0.15, 0.2) is 48.5 Å². The minimum atomic E-state index is -0.789. The summed E-state index contributed by atoms with van der Waals surface area (Å²) < 4.78 is 20.5. The number of nitrogens with one attached hydrogen (secondary N) is 1. The molecule has 0 unspecified atom stereocenters. The first-order chi connectivity index (χ1) is 33.1. The fraction of sp³-hybridized carbons (Fsp3) is 0.746. The van der Waals surface area contributed by atoms with Gasteiger partial charge in [0.05, 0.1) is 26.6 Å². The summed E-state index contributed by atoms with van der Waals surface area (Å²) in [5, 5.41) is 3.72.